The highest BCUT2D eigenvalue weighted by Gasteiger charge is 2.26. The molecule has 1 amide bonds. The van der Waals surface area contributed by atoms with Crippen LogP contribution in [0.4, 0.5) is 4.39 Å². The number of ether oxygens (including phenoxy) is 1. The summed E-state index contributed by atoms with van der Waals surface area (Å²) in [5.41, 5.74) is 11.7. The molecular weight excluding hydrogens is 521 g/mol. The van der Waals surface area contributed by atoms with Crippen molar-refractivity contribution < 1.29 is 13.9 Å². The van der Waals surface area contributed by atoms with Gasteiger partial charge in [0.2, 0.25) is 5.91 Å². The third kappa shape index (κ3) is 25.4. The van der Waals surface area contributed by atoms with Crippen LogP contribution in [0.5, 0.6) is 0 Å². The van der Waals surface area contributed by atoms with Crippen molar-refractivity contribution in [3.05, 3.63) is 73.0 Å². The smallest absolute Gasteiger partial charge is 0.236 e. The molecule has 0 unspecified atom stereocenters. The molecule has 0 aromatic carbocycles. The lowest BCUT2D eigenvalue weighted by molar-refractivity contribution is -0.130. The van der Waals surface area contributed by atoms with Crippen LogP contribution in [0, 0.1) is 0 Å². The second-order valence-corrected chi connectivity index (χ2v) is 7.83. The molecular formula is C31H56FN7O2. The summed E-state index contributed by atoms with van der Waals surface area (Å²) in [6.45, 7) is 12.6. The van der Waals surface area contributed by atoms with Gasteiger partial charge in [-0.1, -0.05) is 38.7 Å². The van der Waals surface area contributed by atoms with Crippen molar-refractivity contribution in [2.24, 2.45) is 21.5 Å². The Kier molecular flexibility index (Phi) is 35.6. The SMILES string of the molecule is C=C/C=C\C(=C/C=NCCCOC)NC.CC.CC=N/C(=C\C=C\F)C/C=C\NC[C@@H]1CCCN1C(=O)CN.CN. The normalized spacial score (nSPS) is 15.5. The molecule has 234 valence electrons. The summed E-state index contributed by atoms with van der Waals surface area (Å²) in [7, 11) is 5.07. The van der Waals surface area contributed by atoms with Gasteiger partial charge in [0.25, 0.3) is 0 Å². The van der Waals surface area contributed by atoms with Gasteiger partial charge in [-0.15, -0.1) is 0 Å². The molecule has 1 aliphatic heterocycles. The average Bonchev–Trinajstić information content (AvgIpc) is 3.49. The minimum Gasteiger partial charge on any atom is -0.389 e. The fourth-order valence-electron chi connectivity index (χ4n) is 3.34. The first-order valence-corrected chi connectivity index (χ1v) is 14.1. The third-order valence-electron chi connectivity index (χ3n) is 5.14. The number of amides is 1. The van der Waals surface area contributed by atoms with E-state index in [0.29, 0.717) is 19.3 Å². The molecule has 1 rings (SSSR count). The molecule has 1 saturated heterocycles. The third-order valence-corrected chi connectivity index (χ3v) is 5.14. The van der Waals surface area contributed by atoms with Crippen LogP contribution in [-0.4, -0.2) is 83.3 Å². The standard InChI is InChI=1S/C16H25FN4O.C12H20N2O.C2H6.CH5N/c1-2-20-14(6-3-9-17)7-4-10-19-13-15-8-5-11-21(15)16(22)12-18;1-4-5-7-12(13-2)8-10-14-9-6-11-15-3;2*1-2/h2-4,6,9-10,15,19H,5,7-8,11-13,18H2,1H3;4-5,7-8,10,13H,1,6,9,11H2,2-3H3;1-2H3;2H2,1H3/b9-3+,10-4-,14-6-,20-2?;7-5-,12-8+,14-10?;;/t15-;;;/m0.../s1. The molecule has 1 fully saturated rings. The van der Waals surface area contributed by atoms with Crippen LogP contribution in [0.3, 0.4) is 0 Å². The highest BCUT2D eigenvalue weighted by molar-refractivity contribution is 5.78. The number of hydrogen-bond acceptors (Lipinski definition) is 8. The van der Waals surface area contributed by atoms with E-state index in [4.69, 9.17) is 10.5 Å². The quantitative estimate of drug-likeness (QED) is 0.122. The Balaban J connectivity index is -0.000000664. The molecule has 9 nitrogen and oxygen atoms in total. The largest absolute Gasteiger partial charge is 0.389 e. The maximum absolute atomic E-state index is 12.0. The second kappa shape index (κ2) is 34.7. The van der Waals surface area contributed by atoms with Crippen molar-refractivity contribution in [1.82, 2.24) is 15.5 Å². The molecule has 0 bridgehead atoms. The van der Waals surface area contributed by atoms with Crippen LogP contribution in [0.2, 0.25) is 0 Å². The van der Waals surface area contributed by atoms with E-state index in [2.05, 4.69) is 32.9 Å². The average molecular weight is 578 g/mol. The number of rotatable bonds is 16. The number of nitrogens with one attached hydrogen (secondary N) is 2. The molecule has 10 heteroatoms. The minimum absolute atomic E-state index is 0.00814. The lowest BCUT2D eigenvalue weighted by atomic mass is 10.2. The predicted molar refractivity (Wildman–Crippen MR) is 176 cm³/mol. The van der Waals surface area contributed by atoms with Crippen molar-refractivity contribution >= 4 is 18.3 Å². The van der Waals surface area contributed by atoms with Crippen LogP contribution in [0.25, 0.3) is 0 Å². The molecule has 0 saturated carbocycles. The lowest BCUT2D eigenvalue weighted by Crippen LogP contribution is -2.43. The van der Waals surface area contributed by atoms with Crippen molar-refractivity contribution in [3.8, 4) is 0 Å². The van der Waals surface area contributed by atoms with Crippen molar-refractivity contribution in [2.75, 3.05) is 54.0 Å². The number of methoxy groups -OCH3 is 1. The zero-order chi connectivity index (χ0) is 31.6. The number of hydrogen-bond donors (Lipinski definition) is 4. The summed E-state index contributed by atoms with van der Waals surface area (Å²) in [5, 5.41) is 6.25. The molecule has 0 aliphatic carbocycles. The zero-order valence-corrected chi connectivity index (χ0v) is 26.2. The van der Waals surface area contributed by atoms with E-state index >= 15 is 0 Å². The Morgan fingerprint density at radius 2 is 1.98 bits per heavy atom. The van der Waals surface area contributed by atoms with Crippen LogP contribution in [0.15, 0.2) is 83.0 Å². The second-order valence-electron chi connectivity index (χ2n) is 7.83. The molecule has 0 aromatic rings. The van der Waals surface area contributed by atoms with E-state index in [9.17, 15) is 9.18 Å². The number of nitrogens with zero attached hydrogens (tertiary/aromatic N) is 3. The minimum atomic E-state index is 0.00814. The number of likely N-dealkylation sites (N-methyl/N-ethyl adjacent to an activating group) is 1. The summed E-state index contributed by atoms with van der Waals surface area (Å²) < 4.78 is 16.9. The fourth-order valence-corrected chi connectivity index (χ4v) is 3.34. The van der Waals surface area contributed by atoms with E-state index in [1.54, 1.807) is 31.7 Å². The number of carbonyl (C=O) groups is 1. The first kappa shape index (κ1) is 42.1. The maximum atomic E-state index is 12.0. The molecule has 41 heavy (non-hydrogen) atoms. The van der Waals surface area contributed by atoms with Gasteiger partial charge in [-0.25, -0.2) is 4.39 Å². The first-order valence-electron chi connectivity index (χ1n) is 14.1. The van der Waals surface area contributed by atoms with Crippen LogP contribution >= 0.6 is 0 Å². The highest BCUT2D eigenvalue weighted by atomic mass is 19.1. The molecule has 0 spiro atoms. The van der Waals surface area contributed by atoms with Crippen molar-refractivity contribution in [1.29, 1.82) is 0 Å². The number of halogens is 1. The highest BCUT2D eigenvalue weighted by Crippen LogP contribution is 2.16. The Labute approximate surface area is 248 Å². The van der Waals surface area contributed by atoms with E-state index in [0.717, 1.165) is 50.4 Å². The Bertz CT molecular complexity index is 834. The maximum Gasteiger partial charge on any atom is 0.236 e. The van der Waals surface area contributed by atoms with E-state index < -0.39 is 0 Å². The van der Waals surface area contributed by atoms with E-state index in [1.165, 1.54) is 13.1 Å². The summed E-state index contributed by atoms with van der Waals surface area (Å²) in [6.07, 6.45) is 21.7. The van der Waals surface area contributed by atoms with Gasteiger partial charge >= 0.3 is 0 Å². The monoisotopic (exact) mass is 577 g/mol. The first-order chi connectivity index (χ1) is 20.1. The van der Waals surface area contributed by atoms with Gasteiger partial charge in [0, 0.05) is 76.7 Å². The van der Waals surface area contributed by atoms with Gasteiger partial charge in [-0.3, -0.25) is 14.8 Å². The number of carbonyl (C=O) groups excluding carboxylic acids is 1. The molecule has 1 heterocycles. The molecule has 1 atom stereocenters. The predicted octanol–water partition coefficient (Wildman–Crippen LogP) is 4.43. The summed E-state index contributed by atoms with van der Waals surface area (Å²) in [6, 6.07) is 0.207. The number of aliphatic imine (C=N–C) groups is 2. The van der Waals surface area contributed by atoms with Crippen LogP contribution in [-0.2, 0) is 9.53 Å². The van der Waals surface area contributed by atoms with E-state index in [-0.39, 0.29) is 18.5 Å². The fraction of sp³-hybridized carbons (Fsp3) is 0.516. The van der Waals surface area contributed by atoms with Crippen LogP contribution < -0.4 is 22.1 Å². The van der Waals surface area contributed by atoms with Gasteiger partial charge in [0.1, 0.15) is 0 Å². The zero-order valence-electron chi connectivity index (χ0n) is 26.2. The Morgan fingerprint density at radius 3 is 2.56 bits per heavy atom. The van der Waals surface area contributed by atoms with Crippen molar-refractivity contribution in [3.63, 3.8) is 0 Å². The lowest BCUT2D eigenvalue weighted by Gasteiger charge is -2.24. The molecule has 6 N–H and O–H groups in total. The van der Waals surface area contributed by atoms with Gasteiger partial charge in [-0.2, -0.15) is 0 Å². The summed E-state index contributed by atoms with van der Waals surface area (Å²) in [4.78, 5) is 21.9. The topological polar surface area (TPSA) is 130 Å². The molecule has 0 radical (unpaired) electrons. The van der Waals surface area contributed by atoms with E-state index in [1.807, 2.05) is 63.2 Å². The summed E-state index contributed by atoms with van der Waals surface area (Å²) >= 11 is 0. The number of likely N-dealkylation sites (tertiary alicyclic amines) is 1. The van der Waals surface area contributed by atoms with Crippen LogP contribution in [0.1, 0.15) is 46.5 Å². The van der Waals surface area contributed by atoms with Gasteiger partial charge < -0.3 is 31.7 Å². The summed E-state index contributed by atoms with van der Waals surface area (Å²) in [5.74, 6) is 0.00814. The Morgan fingerprint density at radius 1 is 1.24 bits per heavy atom. The molecule has 0 aromatic heterocycles. The van der Waals surface area contributed by atoms with Gasteiger partial charge in [-0.05, 0) is 63.7 Å². The van der Waals surface area contributed by atoms with Gasteiger partial charge in [0.05, 0.1) is 12.9 Å². The number of allylic oxidation sites excluding steroid dienone is 7. The Hall–Kier alpha value is -3.34. The van der Waals surface area contributed by atoms with Crippen molar-refractivity contribution in [2.45, 2.75) is 52.5 Å². The van der Waals surface area contributed by atoms with Gasteiger partial charge in [0.15, 0.2) is 0 Å². The number of nitrogens with two attached hydrogens (primary N) is 2. The molecule has 1 aliphatic rings.